The number of amides is 1. The number of benzene rings is 3. The highest BCUT2D eigenvalue weighted by atomic mass is 32.2. The molecule has 0 radical (unpaired) electrons. The molecule has 1 saturated heterocycles. The number of carbonyl (C=O) groups excluding carboxylic acids is 1. The Morgan fingerprint density at radius 2 is 1.70 bits per heavy atom. The van der Waals surface area contributed by atoms with Gasteiger partial charge in [0, 0.05) is 68.0 Å². The van der Waals surface area contributed by atoms with Crippen LogP contribution >= 0.6 is 0 Å². The molecule has 256 valence electrons. The van der Waals surface area contributed by atoms with Crippen molar-refractivity contribution >= 4 is 37.7 Å². The summed E-state index contributed by atoms with van der Waals surface area (Å²) >= 11 is 0. The van der Waals surface area contributed by atoms with E-state index in [2.05, 4.69) is 4.90 Å². The number of carbonyl (C=O) groups is 1. The summed E-state index contributed by atoms with van der Waals surface area (Å²) in [4.78, 5) is 34.7. The van der Waals surface area contributed by atoms with Crippen molar-refractivity contribution in [2.24, 2.45) is 7.05 Å². The third-order valence-electron chi connectivity index (χ3n) is 9.56. The van der Waals surface area contributed by atoms with E-state index in [9.17, 15) is 18.0 Å². The number of ether oxygens (including phenoxy) is 1. The summed E-state index contributed by atoms with van der Waals surface area (Å²) in [6.07, 6.45) is 4.01. The van der Waals surface area contributed by atoms with Gasteiger partial charge in [-0.05, 0) is 74.4 Å². The largest absolute Gasteiger partial charge is 0.494 e. The molecule has 4 heterocycles. The van der Waals surface area contributed by atoms with E-state index in [-0.39, 0.29) is 22.4 Å². The molecule has 1 aliphatic rings. The lowest BCUT2D eigenvalue weighted by atomic mass is 10.0. The predicted molar refractivity (Wildman–Crippen MR) is 196 cm³/mol. The fourth-order valence-electron chi connectivity index (χ4n) is 6.60. The van der Waals surface area contributed by atoms with Gasteiger partial charge in [0.2, 0.25) is 5.91 Å². The number of aryl methyl sites for hydroxylation is 2. The zero-order valence-corrected chi connectivity index (χ0v) is 29.4. The average Bonchev–Trinajstić information content (AvgIpc) is 3.58. The van der Waals surface area contributed by atoms with Gasteiger partial charge in [0.25, 0.3) is 15.6 Å². The lowest BCUT2D eigenvalue weighted by molar-refractivity contribution is -0.139. The molecule has 10 nitrogen and oxygen atoms in total. The number of aromatic nitrogens is 3. The van der Waals surface area contributed by atoms with Crippen LogP contribution in [0.1, 0.15) is 18.9 Å². The first-order valence-electron chi connectivity index (χ1n) is 16.7. The quantitative estimate of drug-likeness (QED) is 0.179. The minimum Gasteiger partial charge on any atom is -0.494 e. The van der Waals surface area contributed by atoms with Crippen molar-refractivity contribution in [2.45, 2.75) is 31.2 Å². The third-order valence-corrected chi connectivity index (χ3v) is 11.2. The van der Waals surface area contributed by atoms with Gasteiger partial charge in [0.15, 0.2) is 0 Å². The number of nitrogens with zero attached hydrogens (tertiary/aromatic N) is 5. The van der Waals surface area contributed by atoms with E-state index in [1.165, 1.54) is 10.8 Å². The van der Waals surface area contributed by atoms with Crippen LogP contribution in [0.25, 0.3) is 44.2 Å². The Balaban J connectivity index is 1.11. The highest BCUT2D eigenvalue weighted by Gasteiger charge is 2.28. The molecule has 7 rings (SSSR count). The second-order valence-corrected chi connectivity index (χ2v) is 14.8. The molecule has 1 amide bonds. The summed E-state index contributed by atoms with van der Waals surface area (Å²) < 4.78 is 35.8. The van der Waals surface area contributed by atoms with Gasteiger partial charge in [0.1, 0.15) is 11.3 Å². The van der Waals surface area contributed by atoms with Crippen molar-refractivity contribution in [1.29, 1.82) is 0 Å². The van der Waals surface area contributed by atoms with Crippen LogP contribution in [0, 0.1) is 6.92 Å². The molecule has 50 heavy (non-hydrogen) atoms. The number of likely N-dealkylation sites (N-methyl/N-ethyl adjacent to an activating group) is 1. The van der Waals surface area contributed by atoms with E-state index < -0.39 is 15.6 Å². The van der Waals surface area contributed by atoms with Gasteiger partial charge >= 0.3 is 0 Å². The van der Waals surface area contributed by atoms with Crippen molar-refractivity contribution in [1.82, 2.24) is 23.3 Å². The molecule has 0 bridgehead atoms. The molecule has 0 aliphatic carbocycles. The van der Waals surface area contributed by atoms with Crippen LogP contribution in [0.15, 0.2) is 107 Å². The molecule has 1 atom stereocenters. The Bertz CT molecular complexity index is 2420. The fourth-order valence-corrected chi connectivity index (χ4v) is 7.95. The molecule has 3 aromatic carbocycles. The monoisotopic (exact) mass is 689 g/mol. The first-order chi connectivity index (χ1) is 24.0. The Hall–Kier alpha value is -5.26. The maximum Gasteiger partial charge on any atom is 0.275 e. The lowest BCUT2D eigenvalue weighted by Gasteiger charge is -2.37. The second kappa shape index (κ2) is 13.2. The predicted octanol–water partition coefficient (Wildman–Crippen LogP) is 5.70. The van der Waals surface area contributed by atoms with E-state index in [0.29, 0.717) is 12.0 Å². The smallest absolute Gasteiger partial charge is 0.275 e. The van der Waals surface area contributed by atoms with Crippen molar-refractivity contribution in [3.63, 3.8) is 0 Å². The standard InChI is InChI=1S/C39H39N5O5S/c1-26-9-13-32(14-10-26)50(47,48)44-19-17-33-34(25-42(4)39(46)37(33)44)28-11-15-36-30(23-28)12-16-35(40-36)29-7-5-8-31(24-29)49-22-6-18-43-21-20-41(3)38(45)27(43)2/h5,7-17,19,23-25,27H,6,18,20-22H2,1-4H3/t27-/m1/s1. The number of piperazine rings is 1. The molecular formula is C39H39N5O5S. The van der Waals surface area contributed by atoms with Gasteiger partial charge in [-0.3, -0.25) is 14.5 Å². The van der Waals surface area contributed by atoms with Crippen LogP contribution in [-0.4, -0.2) is 77.0 Å². The second-order valence-electron chi connectivity index (χ2n) is 13.0. The summed E-state index contributed by atoms with van der Waals surface area (Å²) in [5, 5.41) is 1.46. The van der Waals surface area contributed by atoms with E-state index in [4.69, 9.17) is 9.72 Å². The Morgan fingerprint density at radius 3 is 2.50 bits per heavy atom. The molecule has 0 saturated carbocycles. The zero-order valence-electron chi connectivity index (χ0n) is 28.5. The number of hydrogen-bond acceptors (Lipinski definition) is 7. The molecule has 0 N–H and O–H groups in total. The van der Waals surface area contributed by atoms with Gasteiger partial charge in [-0.25, -0.2) is 17.4 Å². The van der Waals surface area contributed by atoms with E-state index in [1.54, 1.807) is 48.5 Å². The summed E-state index contributed by atoms with van der Waals surface area (Å²) in [7, 11) is -0.512. The van der Waals surface area contributed by atoms with Crippen molar-refractivity contribution in [3.05, 3.63) is 113 Å². The van der Waals surface area contributed by atoms with Crippen LogP contribution < -0.4 is 10.3 Å². The molecule has 1 fully saturated rings. The summed E-state index contributed by atoms with van der Waals surface area (Å²) in [5.74, 6) is 0.924. The maximum absolute atomic E-state index is 13.6. The van der Waals surface area contributed by atoms with Crippen molar-refractivity contribution in [3.8, 4) is 28.1 Å². The molecule has 6 aromatic rings. The number of fused-ring (bicyclic) bond motifs is 2. The first kappa shape index (κ1) is 33.2. The minimum atomic E-state index is -3.99. The molecule has 11 heteroatoms. The SMILES string of the molecule is Cc1ccc(S(=O)(=O)n2ccc3c(-c4ccc5nc(-c6cccc(OCCCN7CCN(C)C(=O)[C@H]7C)c6)ccc5c4)cn(C)c(=O)c32)cc1. The van der Waals surface area contributed by atoms with Crippen LogP contribution in [0.5, 0.6) is 5.75 Å². The summed E-state index contributed by atoms with van der Waals surface area (Å²) in [5.41, 5.74) is 4.76. The van der Waals surface area contributed by atoms with E-state index >= 15 is 0 Å². The first-order valence-corrected chi connectivity index (χ1v) is 18.1. The Morgan fingerprint density at radius 1 is 0.900 bits per heavy atom. The van der Waals surface area contributed by atoms with Gasteiger partial charge in [0.05, 0.1) is 28.8 Å². The zero-order chi connectivity index (χ0) is 35.2. The molecular weight excluding hydrogens is 651 g/mol. The lowest BCUT2D eigenvalue weighted by Crippen LogP contribution is -2.54. The van der Waals surface area contributed by atoms with Crippen LogP contribution in [-0.2, 0) is 21.9 Å². The van der Waals surface area contributed by atoms with Crippen LogP contribution in [0.3, 0.4) is 0 Å². The molecule has 1 aliphatic heterocycles. The van der Waals surface area contributed by atoms with Crippen LogP contribution in [0.4, 0.5) is 0 Å². The van der Waals surface area contributed by atoms with Gasteiger partial charge in [-0.15, -0.1) is 0 Å². The maximum atomic E-state index is 13.6. The number of pyridine rings is 2. The Kier molecular flexibility index (Phi) is 8.79. The van der Waals surface area contributed by atoms with Crippen LogP contribution in [0.2, 0.25) is 0 Å². The van der Waals surface area contributed by atoms with Crippen molar-refractivity contribution in [2.75, 3.05) is 33.3 Å². The normalized spacial score (nSPS) is 15.6. The summed E-state index contributed by atoms with van der Waals surface area (Å²) in [6, 6.07) is 25.9. The molecule has 3 aromatic heterocycles. The fraction of sp³-hybridized carbons (Fsp3) is 0.256. The average molecular weight is 690 g/mol. The highest BCUT2D eigenvalue weighted by molar-refractivity contribution is 7.90. The molecule has 0 unspecified atom stereocenters. The third kappa shape index (κ3) is 6.18. The van der Waals surface area contributed by atoms with Gasteiger partial charge < -0.3 is 14.2 Å². The Labute approximate surface area is 291 Å². The van der Waals surface area contributed by atoms with Gasteiger partial charge in [-0.2, -0.15) is 0 Å². The highest BCUT2D eigenvalue weighted by Crippen LogP contribution is 2.32. The summed E-state index contributed by atoms with van der Waals surface area (Å²) in [6.45, 7) is 6.82. The minimum absolute atomic E-state index is 0.102. The van der Waals surface area contributed by atoms with E-state index in [1.807, 2.05) is 75.5 Å². The number of rotatable bonds is 9. The molecule has 0 spiro atoms. The number of hydrogen-bond donors (Lipinski definition) is 0. The topological polar surface area (TPSA) is 107 Å². The van der Waals surface area contributed by atoms with Gasteiger partial charge in [-0.1, -0.05) is 42.0 Å². The van der Waals surface area contributed by atoms with Crippen molar-refractivity contribution < 1.29 is 17.9 Å². The van der Waals surface area contributed by atoms with E-state index in [0.717, 1.165) is 74.6 Å².